The molecule has 1 aliphatic heterocycles. The predicted molar refractivity (Wildman–Crippen MR) is 65.9 cm³/mol. The smallest absolute Gasteiger partial charge is 0.143 e. The Bertz CT molecular complexity index is 373. The molecule has 1 N–H and O–H groups in total. The molecule has 0 aliphatic carbocycles. The fourth-order valence-corrected chi connectivity index (χ4v) is 2.23. The van der Waals surface area contributed by atoms with Crippen molar-refractivity contribution in [2.45, 2.75) is 46.2 Å². The second kappa shape index (κ2) is 5.19. The molecular formula is C13H22N2O2. The lowest BCUT2D eigenvalue weighted by Crippen LogP contribution is -2.34. The number of ether oxygens (including phenoxy) is 1. The molecule has 0 radical (unpaired) electrons. The average molecular weight is 238 g/mol. The van der Waals surface area contributed by atoms with Gasteiger partial charge in [0.05, 0.1) is 18.9 Å². The molecule has 1 aliphatic rings. The van der Waals surface area contributed by atoms with Crippen molar-refractivity contribution in [2.24, 2.45) is 5.92 Å². The molecule has 0 saturated carbocycles. The van der Waals surface area contributed by atoms with Crippen LogP contribution in [0.4, 0.5) is 0 Å². The molecule has 0 amide bonds. The summed E-state index contributed by atoms with van der Waals surface area (Å²) in [7, 11) is 0. The largest absolute Gasteiger partial charge is 0.379 e. The molecule has 0 spiro atoms. The van der Waals surface area contributed by atoms with Crippen LogP contribution in [-0.4, -0.2) is 24.4 Å². The highest BCUT2D eigenvalue weighted by Gasteiger charge is 2.25. The van der Waals surface area contributed by atoms with Crippen molar-refractivity contribution in [1.82, 2.24) is 10.5 Å². The van der Waals surface area contributed by atoms with Crippen LogP contribution in [0.5, 0.6) is 0 Å². The Morgan fingerprint density at radius 2 is 2.18 bits per heavy atom. The highest BCUT2D eigenvalue weighted by atomic mass is 16.5. The first-order chi connectivity index (χ1) is 8.09. The van der Waals surface area contributed by atoms with Crippen LogP contribution in [0.2, 0.25) is 0 Å². The van der Waals surface area contributed by atoms with Gasteiger partial charge in [0.2, 0.25) is 0 Å². The van der Waals surface area contributed by atoms with E-state index in [4.69, 9.17) is 9.26 Å². The number of nitrogens with zero attached hydrogens (tertiary/aromatic N) is 1. The molecule has 17 heavy (non-hydrogen) atoms. The summed E-state index contributed by atoms with van der Waals surface area (Å²) in [6.07, 6.45) is 0. The van der Waals surface area contributed by atoms with Crippen molar-refractivity contribution >= 4 is 0 Å². The maximum absolute atomic E-state index is 5.45. The Hall–Kier alpha value is -0.870. The Morgan fingerprint density at radius 1 is 1.41 bits per heavy atom. The van der Waals surface area contributed by atoms with Crippen LogP contribution in [0.1, 0.15) is 43.7 Å². The minimum absolute atomic E-state index is 0.380. The van der Waals surface area contributed by atoms with E-state index in [-0.39, 0.29) is 0 Å². The molecule has 96 valence electrons. The normalized spacial score (nSPS) is 24.8. The zero-order chi connectivity index (χ0) is 12.4. The molecule has 0 bridgehead atoms. The zero-order valence-corrected chi connectivity index (χ0v) is 11.1. The lowest BCUT2D eigenvalue weighted by Gasteiger charge is -2.15. The number of hydrogen-bond donors (Lipinski definition) is 1. The van der Waals surface area contributed by atoms with Gasteiger partial charge in [-0.05, 0) is 12.8 Å². The summed E-state index contributed by atoms with van der Waals surface area (Å²) in [4.78, 5) is 0. The Kier molecular flexibility index (Phi) is 3.84. The van der Waals surface area contributed by atoms with Gasteiger partial charge in [0.25, 0.3) is 0 Å². The summed E-state index contributed by atoms with van der Waals surface area (Å²) in [5.74, 6) is 1.96. The first-order valence-electron chi connectivity index (χ1n) is 6.35. The average Bonchev–Trinajstić information content (AvgIpc) is 2.82. The van der Waals surface area contributed by atoms with Crippen LogP contribution in [0, 0.1) is 12.8 Å². The van der Waals surface area contributed by atoms with Gasteiger partial charge >= 0.3 is 0 Å². The molecular weight excluding hydrogens is 216 g/mol. The predicted octanol–water partition coefficient (Wildman–Crippen LogP) is 2.23. The van der Waals surface area contributed by atoms with Gasteiger partial charge in [-0.3, -0.25) is 0 Å². The lowest BCUT2D eigenvalue weighted by molar-refractivity contribution is 0.184. The van der Waals surface area contributed by atoms with Crippen LogP contribution in [0.3, 0.4) is 0 Å². The van der Waals surface area contributed by atoms with E-state index in [1.165, 1.54) is 5.56 Å². The van der Waals surface area contributed by atoms with Crippen molar-refractivity contribution < 1.29 is 9.26 Å². The van der Waals surface area contributed by atoms with Crippen LogP contribution < -0.4 is 5.32 Å². The summed E-state index contributed by atoms with van der Waals surface area (Å²) in [5, 5.41) is 7.60. The number of aryl methyl sites for hydroxylation is 1. The topological polar surface area (TPSA) is 47.3 Å². The van der Waals surface area contributed by atoms with E-state index in [2.05, 4.69) is 31.2 Å². The second-order valence-corrected chi connectivity index (χ2v) is 5.27. The molecule has 2 atom stereocenters. The number of aromatic nitrogens is 1. The van der Waals surface area contributed by atoms with E-state index >= 15 is 0 Å². The molecule has 4 nitrogen and oxygen atoms in total. The molecule has 2 heterocycles. The standard InChI is InChI=1S/C13H22N2O2/c1-8(2)13-11(10(4)15-17-13)5-14-12-7-16-6-9(12)3/h8-9,12,14H,5-7H2,1-4H3. The van der Waals surface area contributed by atoms with Gasteiger partial charge in [-0.2, -0.15) is 0 Å². The molecule has 0 aromatic carbocycles. The fourth-order valence-electron chi connectivity index (χ4n) is 2.23. The monoisotopic (exact) mass is 238 g/mol. The molecule has 1 aromatic rings. The molecule has 1 fully saturated rings. The maximum Gasteiger partial charge on any atom is 0.143 e. The van der Waals surface area contributed by atoms with Gasteiger partial charge in [-0.15, -0.1) is 0 Å². The first kappa shape index (κ1) is 12.6. The SMILES string of the molecule is Cc1noc(C(C)C)c1CNC1COCC1C. The zero-order valence-electron chi connectivity index (χ0n) is 11.1. The maximum atomic E-state index is 5.45. The van der Waals surface area contributed by atoms with Crippen LogP contribution in [0.25, 0.3) is 0 Å². The highest BCUT2D eigenvalue weighted by Crippen LogP contribution is 2.22. The Labute approximate surface area is 103 Å². The number of rotatable bonds is 4. The summed E-state index contributed by atoms with van der Waals surface area (Å²) >= 11 is 0. The highest BCUT2D eigenvalue weighted by molar-refractivity contribution is 5.24. The van der Waals surface area contributed by atoms with Crippen LogP contribution in [-0.2, 0) is 11.3 Å². The quantitative estimate of drug-likeness (QED) is 0.874. The van der Waals surface area contributed by atoms with Crippen molar-refractivity contribution in [3.63, 3.8) is 0 Å². The van der Waals surface area contributed by atoms with E-state index in [1.54, 1.807) is 0 Å². The first-order valence-corrected chi connectivity index (χ1v) is 6.35. The van der Waals surface area contributed by atoms with E-state index in [9.17, 15) is 0 Å². The van der Waals surface area contributed by atoms with E-state index in [0.29, 0.717) is 17.9 Å². The van der Waals surface area contributed by atoms with Crippen LogP contribution >= 0.6 is 0 Å². The third-order valence-electron chi connectivity index (χ3n) is 3.45. The van der Waals surface area contributed by atoms with Gasteiger partial charge < -0.3 is 14.6 Å². The third kappa shape index (κ3) is 2.69. The minimum Gasteiger partial charge on any atom is -0.379 e. The number of nitrogens with one attached hydrogen (secondary N) is 1. The van der Waals surface area contributed by atoms with Gasteiger partial charge in [-0.1, -0.05) is 25.9 Å². The van der Waals surface area contributed by atoms with Gasteiger partial charge in [0.1, 0.15) is 5.76 Å². The second-order valence-electron chi connectivity index (χ2n) is 5.27. The summed E-state index contributed by atoms with van der Waals surface area (Å²) in [6, 6.07) is 0.448. The molecule has 2 rings (SSSR count). The van der Waals surface area contributed by atoms with Gasteiger partial charge in [-0.25, -0.2) is 0 Å². The van der Waals surface area contributed by atoms with Gasteiger partial charge in [0.15, 0.2) is 0 Å². The van der Waals surface area contributed by atoms with Crippen molar-refractivity contribution in [3.8, 4) is 0 Å². The van der Waals surface area contributed by atoms with Crippen LogP contribution in [0.15, 0.2) is 4.52 Å². The Balaban J connectivity index is 2.00. The Morgan fingerprint density at radius 3 is 2.76 bits per heavy atom. The minimum atomic E-state index is 0.380. The summed E-state index contributed by atoms with van der Waals surface area (Å²) < 4.78 is 10.8. The molecule has 1 saturated heterocycles. The number of hydrogen-bond acceptors (Lipinski definition) is 4. The van der Waals surface area contributed by atoms with E-state index in [0.717, 1.165) is 31.2 Å². The third-order valence-corrected chi connectivity index (χ3v) is 3.45. The summed E-state index contributed by atoms with van der Waals surface area (Å²) in [5.41, 5.74) is 2.20. The van der Waals surface area contributed by atoms with Crippen molar-refractivity contribution in [3.05, 3.63) is 17.0 Å². The molecule has 2 unspecified atom stereocenters. The molecule has 1 aromatic heterocycles. The summed E-state index contributed by atoms with van der Waals surface area (Å²) in [6.45, 7) is 11.0. The van der Waals surface area contributed by atoms with Crippen molar-refractivity contribution in [2.75, 3.05) is 13.2 Å². The van der Waals surface area contributed by atoms with E-state index < -0.39 is 0 Å². The lowest BCUT2D eigenvalue weighted by atomic mass is 10.0. The fraction of sp³-hybridized carbons (Fsp3) is 0.769. The van der Waals surface area contributed by atoms with Gasteiger partial charge in [0, 0.05) is 24.1 Å². The van der Waals surface area contributed by atoms with E-state index in [1.807, 2.05) is 6.92 Å². The van der Waals surface area contributed by atoms with Crippen molar-refractivity contribution in [1.29, 1.82) is 0 Å². The molecule has 4 heteroatoms.